The molecule has 4 aliphatic rings. The van der Waals surface area contributed by atoms with Gasteiger partial charge in [0.2, 0.25) is 0 Å². The second-order valence-electron chi connectivity index (χ2n) is 11.0. The lowest BCUT2D eigenvalue weighted by atomic mass is 9.88. The molecule has 1 amide bonds. The third-order valence-electron chi connectivity index (χ3n) is 8.02. The number of allylic oxidation sites excluding steroid dienone is 2. The fourth-order valence-electron chi connectivity index (χ4n) is 5.72. The van der Waals surface area contributed by atoms with Crippen LogP contribution in [0.4, 0.5) is 6.01 Å². The number of anilines is 1. The van der Waals surface area contributed by atoms with Gasteiger partial charge in [-0.05, 0) is 52.2 Å². The number of oxazole rings is 1. The highest BCUT2D eigenvalue weighted by atomic mass is 16.4. The zero-order chi connectivity index (χ0) is 22.5. The van der Waals surface area contributed by atoms with Gasteiger partial charge >= 0.3 is 5.91 Å². The van der Waals surface area contributed by atoms with Crippen LogP contribution in [0.1, 0.15) is 57.5 Å². The first-order valence-corrected chi connectivity index (χ1v) is 12.3. The van der Waals surface area contributed by atoms with Crippen molar-refractivity contribution in [3.63, 3.8) is 0 Å². The van der Waals surface area contributed by atoms with E-state index in [1.54, 1.807) is 11.8 Å². The number of carbonyl (C=O) groups is 1. The molecule has 1 aromatic heterocycles. The van der Waals surface area contributed by atoms with E-state index in [0.29, 0.717) is 22.2 Å². The molecule has 3 aliphatic heterocycles. The number of amides is 1. The minimum Gasteiger partial charge on any atom is -0.414 e. The smallest absolute Gasteiger partial charge is 0.383 e. The molecule has 1 N–H and O–H groups in total. The highest BCUT2D eigenvalue weighted by Gasteiger charge is 2.56. The topological polar surface area (TPSA) is 61.6 Å². The van der Waals surface area contributed by atoms with Crippen LogP contribution in [-0.4, -0.2) is 77.7 Å². The molecule has 174 valence electrons. The van der Waals surface area contributed by atoms with Gasteiger partial charge in [0.25, 0.3) is 11.8 Å². The monoisotopic (exact) mass is 440 g/mol. The van der Waals surface area contributed by atoms with Crippen LogP contribution in [-0.2, 0) is 0 Å². The van der Waals surface area contributed by atoms with Gasteiger partial charge < -0.3 is 14.6 Å². The van der Waals surface area contributed by atoms with Crippen LogP contribution in [0.3, 0.4) is 0 Å². The lowest BCUT2D eigenvalue weighted by Crippen LogP contribution is -2.53. The number of quaternary nitrogens is 1. The first kappa shape index (κ1) is 21.7. The number of hydrogen-bond acceptors (Lipinski definition) is 6. The maximum absolute atomic E-state index is 13.5. The van der Waals surface area contributed by atoms with Crippen LogP contribution in [0.2, 0.25) is 0 Å². The predicted molar refractivity (Wildman–Crippen MR) is 125 cm³/mol. The number of rotatable bonds is 5. The zero-order valence-corrected chi connectivity index (χ0v) is 20.1. The minimum absolute atomic E-state index is 0.105. The number of piperazine rings is 1. The third-order valence-corrected chi connectivity index (χ3v) is 8.02. The van der Waals surface area contributed by atoms with Crippen molar-refractivity contribution >= 4 is 11.9 Å². The summed E-state index contributed by atoms with van der Waals surface area (Å²) in [5, 5.41) is 3.56. The van der Waals surface area contributed by atoms with Gasteiger partial charge in [-0.1, -0.05) is 6.08 Å². The summed E-state index contributed by atoms with van der Waals surface area (Å²) in [7, 11) is 0. The summed E-state index contributed by atoms with van der Waals surface area (Å²) >= 11 is 0. The Labute approximate surface area is 191 Å². The fourth-order valence-corrected chi connectivity index (χ4v) is 5.72. The SMILES string of the molecule is CC(CC1CNC2=C1CCC=C2)[N+]1(C(=O)c2cnc(N3CCN(C(C)(C)C)CC3)o2)CC1. The van der Waals surface area contributed by atoms with Gasteiger partial charge in [-0.15, -0.1) is 0 Å². The largest absolute Gasteiger partial charge is 0.414 e. The van der Waals surface area contributed by atoms with Crippen molar-refractivity contribution < 1.29 is 13.7 Å². The zero-order valence-electron chi connectivity index (χ0n) is 20.1. The lowest BCUT2D eigenvalue weighted by molar-refractivity contribution is -0.741. The van der Waals surface area contributed by atoms with Gasteiger partial charge in [0.05, 0.1) is 12.2 Å². The van der Waals surface area contributed by atoms with E-state index < -0.39 is 0 Å². The van der Waals surface area contributed by atoms with E-state index in [4.69, 9.17) is 4.42 Å². The Morgan fingerprint density at radius 2 is 2.03 bits per heavy atom. The van der Waals surface area contributed by atoms with Crippen LogP contribution in [0.25, 0.3) is 0 Å². The van der Waals surface area contributed by atoms with Gasteiger partial charge in [0.1, 0.15) is 13.1 Å². The summed E-state index contributed by atoms with van der Waals surface area (Å²) in [6.45, 7) is 15.5. The summed E-state index contributed by atoms with van der Waals surface area (Å²) in [6, 6.07) is 0.884. The van der Waals surface area contributed by atoms with Crippen molar-refractivity contribution in [3.05, 3.63) is 35.4 Å². The normalized spacial score (nSPS) is 26.1. The Morgan fingerprint density at radius 3 is 2.72 bits per heavy atom. The molecule has 2 atom stereocenters. The van der Waals surface area contributed by atoms with E-state index in [-0.39, 0.29) is 17.5 Å². The van der Waals surface area contributed by atoms with E-state index in [2.05, 4.69) is 59.9 Å². The molecule has 0 bridgehead atoms. The van der Waals surface area contributed by atoms with Crippen LogP contribution < -0.4 is 10.2 Å². The Kier molecular flexibility index (Phi) is 5.45. The summed E-state index contributed by atoms with van der Waals surface area (Å²) in [6.07, 6.45) is 9.47. The molecule has 0 saturated carbocycles. The van der Waals surface area contributed by atoms with Crippen LogP contribution in [0, 0.1) is 5.92 Å². The molecule has 2 saturated heterocycles. The predicted octanol–water partition coefficient (Wildman–Crippen LogP) is 3.17. The molecule has 1 aromatic rings. The molecule has 4 heterocycles. The van der Waals surface area contributed by atoms with E-state index in [1.165, 1.54) is 5.70 Å². The molecule has 5 rings (SSSR count). The number of nitrogens with one attached hydrogen (secondary N) is 1. The molecule has 7 nitrogen and oxygen atoms in total. The van der Waals surface area contributed by atoms with Gasteiger partial charge in [-0.2, -0.15) is 0 Å². The molecular weight excluding hydrogens is 402 g/mol. The van der Waals surface area contributed by atoms with Crippen molar-refractivity contribution in [2.45, 2.75) is 58.5 Å². The Balaban J connectivity index is 1.23. The van der Waals surface area contributed by atoms with Gasteiger partial charge in [-0.3, -0.25) is 4.90 Å². The molecule has 1 aliphatic carbocycles. The third kappa shape index (κ3) is 3.90. The number of nitrogens with zero attached hydrogens (tertiary/aromatic N) is 4. The second-order valence-corrected chi connectivity index (χ2v) is 11.0. The average molecular weight is 441 g/mol. The lowest BCUT2D eigenvalue weighted by Gasteiger charge is -2.41. The minimum atomic E-state index is 0.105. The Morgan fingerprint density at radius 1 is 1.28 bits per heavy atom. The fraction of sp³-hybridized carbons (Fsp3) is 0.680. The number of carbonyl (C=O) groups excluding carboxylic acids is 1. The molecule has 0 radical (unpaired) electrons. The summed E-state index contributed by atoms with van der Waals surface area (Å²) in [5.41, 5.74) is 3.06. The van der Waals surface area contributed by atoms with Crippen molar-refractivity contribution in [1.29, 1.82) is 0 Å². The van der Waals surface area contributed by atoms with E-state index >= 15 is 0 Å². The van der Waals surface area contributed by atoms with Gasteiger partial charge in [-0.25, -0.2) is 14.3 Å². The van der Waals surface area contributed by atoms with E-state index in [1.807, 2.05) is 0 Å². The number of aromatic nitrogens is 1. The molecule has 7 heteroatoms. The molecule has 32 heavy (non-hydrogen) atoms. The quantitative estimate of drug-likeness (QED) is 0.561. The standard InChI is InChI=1S/C25H38N5O2/c1-18(15-19-16-26-21-8-6-5-7-20(19)21)30(13-14-30)23(31)22-17-27-24(32-22)28-9-11-29(12-10-28)25(2,3)4/h6,8,17-19,26H,5,7,9-16H2,1-4H3/q+1. The van der Waals surface area contributed by atoms with E-state index in [0.717, 1.165) is 65.1 Å². The average Bonchev–Trinajstić information content (AvgIpc) is 3.27. The van der Waals surface area contributed by atoms with Crippen molar-refractivity contribution in [1.82, 2.24) is 15.2 Å². The molecule has 0 spiro atoms. The van der Waals surface area contributed by atoms with Crippen LogP contribution in [0.5, 0.6) is 0 Å². The van der Waals surface area contributed by atoms with E-state index in [9.17, 15) is 4.79 Å². The Bertz CT molecular complexity index is 928. The summed E-state index contributed by atoms with van der Waals surface area (Å²) < 4.78 is 6.55. The highest BCUT2D eigenvalue weighted by Crippen LogP contribution is 2.38. The van der Waals surface area contributed by atoms with Gasteiger partial charge in [0, 0.05) is 56.3 Å². The van der Waals surface area contributed by atoms with Gasteiger partial charge in [0.15, 0.2) is 0 Å². The molecule has 0 aromatic carbocycles. The van der Waals surface area contributed by atoms with Crippen molar-refractivity contribution in [3.8, 4) is 0 Å². The molecule has 2 fully saturated rings. The van der Waals surface area contributed by atoms with Crippen LogP contribution in [0.15, 0.2) is 34.0 Å². The van der Waals surface area contributed by atoms with Crippen molar-refractivity contribution in [2.24, 2.45) is 5.92 Å². The molecular formula is C25H38N5O2+. The summed E-state index contributed by atoms with van der Waals surface area (Å²) in [4.78, 5) is 22.6. The maximum atomic E-state index is 13.5. The number of hydrogen-bond donors (Lipinski definition) is 1. The molecule has 2 unspecified atom stereocenters. The Hall–Kier alpha value is -2.12. The first-order valence-electron chi connectivity index (χ1n) is 12.3. The van der Waals surface area contributed by atoms with Crippen LogP contribution >= 0.6 is 0 Å². The maximum Gasteiger partial charge on any atom is 0.383 e. The summed E-state index contributed by atoms with van der Waals surface area (Å²) in [5.74, 6) is 1.07. The highest BCUT2D eigenvalue weighted by molar-refractivity contribution is 5.86. The second kappa shape index (κ2) is 8.03. The van der Waals surface area contributed by atoms with Crippen molar-refractivity contribution in [2.75, 3.05) is 50.7 Å². The first-order chi connectivity index (χ1) is 15.3.